The number of nitrogens with zero attached hydrogens (tertiary/aromatic N) is 2. The zero-order valence-corrected chi connectivity index (χ0v) is 19.0. The molecule has 0 radical (unpaired) electrons. The first-order valence-corrected chi connectivity index (χ1v) is 11.3. The second-order valence-electron chi connectivity index (χ2n) is 8.60. The van der Waals surface area contributed by atoms with E-state index in [-0.39, 0.29) is 24.4 Å². The molecule has 0 saturated carbocycles. The highest BCUT2D eigenvalue weighted by Crippen LogP contribution is 2.37. The van der Waals surface area contributed by atoms with E-state index in [1.165, 1.54) is 12.1 Å². The maximum Gasteiger partial charge on any atom is 0.326 e. The minimum Gasteiger partial charge on any atom is -0.480 e. The van der Waals surface area contributed by atoms with Crippen molar-refractivity contribution < 1.29 is 23.8 Å². The number of carbonyl (C=O) groups is 2. The summed E-state index contributed by atoms with van der Waals surface area (Å²) in [6.45, 7) is 2.20. The van der Waals surface area contributed by atoms with E-state index in [2.05, 4.69) is 0 Å². The summed E-state index contributed by atoms with van der Waals surface area (Å²) in [6.07, 6.45) is 2.33. The highest BCUT2D eigenvalue weighted by atomic mass is 19.1. The monoisotopic (exact) mass is 452 g/mol. The van der Waals surface area contributed by atoms with Crippen LogP contribution in [0.15, 0.2) is 48.5 Å². The first-order chi connectivity index (χ1) is 15.9. The highest BCUT2D eigenvalue weighted by Gasteiger charge is 2.32. The lowest BCUT2D eigenvalue weighted by molar-refractivity contribution is -0.141. The van der Waals surface area contributed by atoms with Crippen molar-refractivity contribution >= 4 is 22.8 Å². The summed E-state index contributed by atoms with van der Waals surface area (Å²) in [7, 11) is 1.77. The Morgan fingerprint density at radius 3 is 2.70 bits per heavy atom. The molecule has 1 N–H and O–H groups in total. The van der Waals surface area contributed by atoms with Gasteiger partial charge in [0, 0.05) is 29.7 Å². The van der Waals surface area contributed by atoms with Crippen molar-refractivity contribution in [1.29, 1.82) is 0 Å². The van der Waals surface area contributed by atoms with Gasteiger partial charge in [0.05, 0.1) is 6.61 Å². The Morgan fingerprint density at radius 1 is 1.24 bits per heavy atom. The zero-order chi connectivity index (χ0) is 23.5. The molecule has 4 rings (SSSR count). The first-order valence-electron chi connectivity index (χ1n) is 11.3. The smallest absolute Gasteiger partial charge is 0.326 e. The number of rotatable bonds is 8. The summed E-state index contributed by atoms with van der Waals surface area (Å²) in [5.74, 6) is -1.36. The molecule has 2 unspecified atom stereocenters. The average molecular weight is 453 g/mol. The van der Waals surface area contributed by atoms with Crippen LogP contribution in [-0.2, 0) is 33.8 Å². The minimum atomic E-state index is -0.897. The van der Waals surface area contributed by atoms with Crippen LogP contribution < -0.4 is 0 Å². The number of benzene rings is 2. The molecular formula is C26H29FN2O4. The number of hydrogen-bond acceptors (Lipinski definition) is 3. The van der Waals surface area contributed by atoms with Crippen LogP contribution in [-0.4, -0.2) is 46.1 Å². The van der Waals surface area contributed by atoms with E-state index >= 15 is 0 Å². The normalized spacial score (nSPS) is 16.4. The Hall–Kier alpha value is -3.19. The van der Waals surface area contributed by atoms with Crippen LogP contribution in [0, 0.1) is 5.82 Å². The lowest BCUT2D eigenvalue weighted by atomic mass is 9.90. The predicted molar refractivity (Wildman–Crippen MR) is 124 cm³/mol. The number of likely N-dealkylation sites (N-methyl/N-ethyl adjacent to an activating group) is 1. The van der Waals surface area contributed by atoms with E-state index in [1.807, 2.05) is 41.8 Å². The summed E-state index contributed by atoms with van der Waals surface area (Å²) in [6, 6.07) is 13.4. The number of aliphatic carboxylic acids is 1. The summed E-state index contributed by atoms with van der Waals surface area (Å²) >= 11 is 0. The SMILES string of the molecule is CCC(C(=O)O)n1c2c(c3cc(F)ccc31)CC(N(C)C(=O)COCc1ccccc1)CC2. The molecule has 2 aromatic carbocycles. The topological polar surface area (TPSA) is 71.8 Å². The lowest BCUT2D eigenvalue weighted by Crippen LogP contribution is -2.42. The van der Waals surface area contributed by atoms with E-state index in [0.29, 0.717) is 32.3 Å². The van der Waals surface area contributed by atoms with Crippen molar-refractivity contribution in [3.05, 3.63) is 71.2 Å². The number of amides is 1. The molecule has 2 atom stereocenters. The maximum absolute atomic E-state index is 14.1. The number of fused-ring (bicyclic) bond motifs is 3. The Labute approximate surface area is 192 Å². The molecule has 0 aliphatic heterocycles. The number of carbonyl (C=O) groups excluding carboxylic acids is 1. The molecule has 0 bridgehead atoms. The van der Waals surface area contributed by atoms with Gasteiger partial charge in [-0.2, -0.15) is 0 Å². The molecule has 1 aliphatic rings. The molecule has 0 fully saturated rings. The number of halogens is 1. The highest BCUT2D eigenvalue weighted by molar-refractivity contribution is 5.88. The lowest BCUT2D eigenvalue weighted by Gasteiger charge is -2.32. The van der Waals surface area contributed by atoms with Crippen LogP contribution in [0.3, 0.4) is 0 Å². The van der Waals surface area contributed by atoms with Gasteiger partial charge in [0.15, 0.2) is 0 Å². The Morgan fingerprint density at radius 2 is 2.00 bits per heavy atom. The number of ether oxygens (including phenoxy) is 1. The van der Waals surface area contributed by atoms with Gasteiger partial charge in [-0.15, -0.1) is 0 Å². The van der Waals surface area contributed by atoms with Gasteiger partial charge in [0.1, 0.15) is 18.5 Å². The Bertz CT molecular complexity index is 1160. The summed E-state index contributed by atoms with van der Waals surface area (Å²) in [5.41, 5.74) is 3.61. The third-order valence-corrected chi connectivity index (χ3v) is 6.60. The molecule has 7 heteroatoms. The van der Waals surface area contributed by atoms with Crippen LogP contribution in [0.5, 0.6) is 0 Å². The molecule has 1 heterocycles. The van der Waals surface area contributed by atoms with Gasteiger partial charge in [-0.25, -0.2) is 9.18 Å². The molecule has 3 aromatic rings. The molecule has 33 heavy (non-hydrogen) atoms. The van der Waals surface area contributed by atoms with Crippen molar-refractivity contribution in [3.8, 4) is 0 Å². The summed E-state index contributed by atoms with van der Waals surface area (Å²) < 4.78 is 21.6. The van der Waals surface area contributed by atoms with Gasteiger partial charge in [-0.05, 0) is 55.0 Å². The van der Waals surface area contributed by atoms with E-state index in [0.717, 1.165) is 27.7 Å². The van der Waals surface area contributed by atoms with Crippen molar-refractivity contribution in [3.63, 3.8) is 0 Å². The van der Waals surface area contributed by atoms with Gasteiger partial charge < -0.3 is 19.3 Å². The summed E-state index contributed by atoms with van der Waals surface area (Å²) in [4.78, 5) is 26.4. The van der Waals surface area contributed by atoms with Crippen LogP contribution >= 0.6 is 0 Å². The minimum absolute atomic E-state index is 0.0118. The van der Waals surface area contributed by atoms with Crippen LogP contribution in [0.4, 0.5) is 4.39 Å². The molecule has 6 nitrogen and oxygen atoms in total. The van der Waals surface area contributed by atoms with Crippen LogP contribution in [0.25, 0.3) is 10.9 Å². The number of carboxylic acids is 1. The third-order valence-electron chi connectivity index (χ3n) is 6.60. The number of aromatic nitrogens is 1. The molecular weight excluding hydrogens is 423 g/mol. The molecule has 174 valence electrons. The van der Waals surface area contributed by atoms with Gasteiger partial charge in [0.25, 0.3) is 0 Å². The Kier molecular flexibility index (Phi) is 6.79. The summed E-state index contributed by atoms with van der Waals surface area (Å²) in [5, 5.41) is 10.5. The van der Waals surface area contributed by atoms with Gasteiger partial charge in [-0.3, -0.25) is 4.79 Å². The molecule has 1 amide bonds. The van der Waals surface area contributed by atoms with E-state index < -0.39 is 12.0 Å². The maximum atomic E-state index is 14.1. The zero-order valence-electron chi connectivity index (χ0n) is 19.0. The van der Waals surface area contributed by atoms with Crippen LogP contribution in [0.2, 0.25) is 0 Å². The second kappa shape index (κ2) is 9.75. The van der Waals surface area contributed by atoms with Crippen molar-refractivity contribution in [2.24, 2.45) is 0 Å². The third kappa shape index (κ3) is 4.64. The fourth-order valence-electron chi connectivity index (χ4n) is 4.84. The predicted octanol–water partition coefficient (Wildman–Crippen LogP) is 4.35. The fraction of sp³-hybridized carbons (Fsp3) is 0.385. The quantitative estimate of drug-likeness (QED) is 0.552. The van der Waals surface area contributed by atoms with Crippen molar-refractivity contribution in [1.82, 2.24) is 9.47 Å². The average Bonchev–Trinajstić information content (AvgIpc) is 3.12. The van der Waals surface area contributed by atoms with Gasteiger partial charge >= 0.3 is 5.97 Å². The molecule has 0 saturated heterocycles. The van der Waals surface area contributed by atoms with Crippen molar-refractivity contribution in [2.45, 2.75) is 51.3 Å². The van der Waals surface area contributed by atoms with Gasteiger partial charge in [0.2, 0.25) is 5.91 Å². The molecule has 1 aliphatic carbocycles. The van der Waals surface area contributed by atoms with E-state index in [9.17, 15) is 19.1 Å². The van der Waals surface area contributed by atoms with Crippen molar-refractivity contribution in [2.75, 3.05) is 13.7 Å². The second-order valence-corrected chi connectivity index (χ2v) is 8.60. The van der Waals surface area contributed by atoms with E-state index in [1.54, 1.807) is 18.0 Å². The van der Waals surface area contributed by atoms with Gasteiger partial charge in [-0.1, -0.05) is 37.3 Å². The Balaban J connectivity index is 1.54. The van der Waals surface area contributed by atoms with E-state index in [4.69, 9.17) is 4.74 Å². The fourth-order valence-corrected chi connectivity index (χ4v) is 4.84. The molecule has 1 aromatic heterocycles. The number of hydrogen-bond donors (Lipinski definition) is 1. The van der Waals surface area contributed by atoms with Crippen LogP contribution in [0.1, 0.15) is 42.6 Å². The standard InChI is InChI=1S/C26H29FN2O4/c1-3-22(26(31)32)29-23-11-9-18(27)13-20(23)21-14-19(10-12-24(21)29)28(2)25(30)16-33-15-17-7-5-4-6-8-17/h4-9,11,13,19,22H,3,10,12,14-16H2,1-2H3,(H,31,32). The molecule has 0 spiro atoms. The number of carboxylic acid groups (broad SMARTS) is 1. The first kappa shape index (κ1) is 23.0. The largest absolute Gasteiger partial charge is 0.480 e.